The molecule has 0 unspecified atom stereocenters. The van der Waals surface area contributed by atoms with Gasteiger partial charge >= 0.3 is 11.7 Å². The standard InChI is InChI=1S/C22H25N3O6S3/c1-5-16(26)18-14(4)33-21(32-12-11-17(27)31-6-2)19-20(23-22(28)25(18)19)24-34(29,30)15-9-7-13(3)8-10-15/h7-10H,5-6,11-12H2,1-4H3,(H,23,24,28). The highest BCUT2D eigenvalue weighted by Gasteiger charge is 2.30. The number of esters is 1. The first-order valence-corrected chi connectivity index (χ1v) is 13.8. The lowest BCUT2D eigenvalue weighted by atomic mass is 10.2. The summed E-state index contributed by atoms with van der Waals surface area (Å²) in [5.74, 6) is -0.437. The fraction of sp³-hybridized carbons (Fsp3) is 0.364. The number of aryl methyl sites for hydroxylation is 2. The monoisotopic (exact) mass is 523 g/mol. The Hall–Kier alpha value is -2.70. The van der Waals surface area contributed by atoms with Crippen LogP contribution in [0.15, 0.2) is 38.2 Å². The summed E-state index contributed by atoms with van der Waals surface area (Å²) in [6.07, 6.45) is 0.301. The van der Waals surface area contributed by atoms with E-state index in [2.05, 4.69) is 9.71 Å². The normalized spacial score (nSPS) is 11.5. The lowest BCUT2D eigenvalue weighted by molar-refractivity contribution is -0.142. The van der Waals surface area contributed by atoms with Crippen molar-refractivity contribution in [1.29, 1.82) is 0 Å². The van der Waals surface area contributed by atoms with Crippen LogP contribution in [0.5, 0.6) is 0 Å². The third-order valence-corrected chi connectivity index (χ3v) is 8.54. The maximum absolute atomic E-state index is 13.0. The smallest absolute Gasteiger partial charge is 0.355 e. The molecule has 0 bridgehead atoms. The van der Waals surface area contributed by atoms with E-state index >= 15 is 0 Å². The predicted octanol–water partition coefficient (Wildman–Crippen LogP) is 3.79. The molecule has 3 rings (SSSR count). The molecule has 9 nitrogen and oxygen atoms in total. The number of aromatic nitrogens is 2. The van der Waals surface area contributed by atoms with Crippen molar-refractivity contribution >= 4 is 50.7 Å². The molecule has 1 aromatic rings. The van der Waals surface area contributed by atoms with E-state index < -0.39 is 15.7 Å². The molecule has 0 saturated heterocycles. The Kier molecular flexibility index (Phi) is 8.16. The van der Waals surface area contributed by atoms with Gasteiger partial charge in [0.05, 0.1) is 22.1 Å². The molecule has 0 saturated carbocycles. The van der Waals surface area contributed by atoms with Crippen molar-refractivity contribution in [1.82, 2.24) is 9.55 Å². The van der Waals surface area contributed by atoms with E-state index in [0.717, 1.165) is 10.1 Å². The number of imidazole rings is 1. The van der Waals surface area contributed by atoms with Crippen molar-refractivity contribution in [3.63, 3.8) is 0 Å². The summed E-state index contributed by atoms with van der Waals surface area (Å²) < 4.78 is 35.1. The van der Waals surface area contributed by atoms with Gasteiger partial charge in [0.2, 0.25) is 0 Å². The molecule has 0 amide bonds. The van der Waals surface area contributed by atoms with Gasteiger partial charge in [-0.25, -0.2) is 13.2 Å². The fourth-order valence-electron chi connectivity index (χ4n) is 3.21. The Bertz CT molecular complexity index is 1340. The number of ketones is 1. The number of nitrogens with zero attached hydrogens (tertiary/aromatic N) is 2. The first-order chi connectivity index (χ1) is 16.1. The van der Waals surface area contributed by atoms with Crippen LogP contribution in [0, 0.1) is 13.8 Å². The van der Waals surface area contributed by atoms with E-state index in [-0.39, 0.29) is 53.3 Å². The largest absolute Gasteiger partial charge is 0.466 e. The van der Waals surface area contributed by atoms with Crippen molar-refractivity contribution < 1.29 is 22.7 Å². The number of benzene rings is 1. The fourth-order valence-corrected chi connectivity index (χ4v) is 6.72. The third-order valence-electron chi connectivity index (χ3n) is 4.84. The molecule has 2 heterocycles. The van der Waals surface area contributed by atoms with E-state index in [0.29, 0.717) is 14.8 Å². The van der Waals surface area contributed by atoms with Crippen LogP contribution in [-0.4, -0.2) is 42.1 Å². The number of Topliss-reactive ketones (excluding diaryl/α,β-unsaturated/α-hetero) is 1. The zero-order valence-electron chi connectivity index (χ0n) is 19.2. The van der Waals surface area contributed by atoms with Crippen LogP contribution in [-0.2, 0) is 19.6 Å². The average Bonchev–Trinajstić information content (AvgIpc) is 3.08. The summed E-state index contributed by atoms with van der Waals surface area (Å²) in [7, 11) is -4.04. The van der Waals surface area contributed by atoms with Gasteiger partial charge in [-0.05, 0) is 32.9 Å². The van der Waals surface area contributed by atoms with Gasteiger partial charge in [0, 0.05) is 17.1 Å². The van der Waals surface area contributed by atoms with Crippen LogP contribution in [0.2, 0.25) is 0 Å². The molecule has 34 heavy (non-hydrogen) atoms. The van der Waals surface area contributed by atoms with Crippen molar-refractivity contribution in [3.05, 3.63) is 50.9 Å². The van der Waals surface area contributed by atoms with E-state index in [9.17, 15) is 22.8 Å². The minimum Gasteiger partial charge on any atom is -0.466 e. The summed E-state index contributed by atoms with van der Waals surface area (Å²) in [6, 6.07) is 6.25. The maximum Gasteiger partial charge on any atom is 0.355 e. The second-order valence-corrected chi connectivity index (χ2v) is 11.6. The number of nitrogens with one attached hydrogen (secondary N) is 1. The molecule has 182 valence electrons. The first-order valence-electron chi connectivity index (χ1n) is 10.6. The van der Waals surface area contributed by atoms with Gasteiger partial charge in [-0.1, -0.05) is 24.6 Å². The Balaban J connectivity index is 2.09. The summed E-state index contributed by atoms with van der Waals surface area (Å²) in [6.45, 7) is 7.24. The van der Waals surface area contributed by atoms with Crippen molar-refractivity contribution in [2.75, 3.05) is 17.1 Å². The SMILES string of the molecule is CCOC(=O)CCSc1sc(C)c(C(=O)CC)n2c(=O)nc(NS(=O)(=O)c3ccc(C)cc3)c1-2. The highest BCUT2D eigenvalue weighted by atomic mass is 32.2. The highest BCUT2D eigenvalue weighted by molar-refractivity contribution is 8.01. The Labute approximate surface area is 205 Å². The first kappa shape index (κ1) is 25.9. The number of thioether (sulfide) groups is 1. The molecule has 0 aliphatic carbocycles. The summed E-state index contributed by atoms with van der Waals surface area (Å²) >= 11 is 2.52. The molecule has 2 aliphatic heterocycles. The van der Waals surface area contributed by atoms with Gasteiger partial charge in [-0.2, -0.15) is 4.98 Å². The molecule has 0 radical (unpaired) electrons. The lowest BCUT2D eigenvalue weighted by Gasteiger charge is -2.17. The number of carbonyl (C=O) groups excluding carboxylic acids is 2. The lowest BCUT2D eigenvalue weighted by Crippen LogP contribution is -2.22. The molecular formula is C22H25N3O6S3. The zero-order chi connectivity index (χ0) is 25.0. The number of rotatable bonds is 10. The molecule has 0 aromatic heterocycles. The summed E-state index contributed by atoms with van der Waals surface area (Å²) in [4.78, 5) is 41.8. The van der Waals surface area contributed by atoms with E-state index in [4.69, 9.17) is 4.74 Å². The van der Waals surface area contributed by atoms with Crippen molar-refractivity contribution in [2.24, 2.45) is 0 Å². The Morgan fingerprint density at radius 3 is 2.47 bits per heavy atom. The van der Waals surface area contributed by atoms with Gasteiger partial charge < -0.3 is 4.74 Å². The summed E-state index contributed by atoms with van der Waals surface area (Å²) in [5, 5.41) is 0. The highest BCUT2D eigenvalue weighted by Crippen LogP contribution is 2.39. The minimum absolute atomic E-state index is 0.0175. The molecule has 0 fully saturated rings. The van der Waals surface area contributed by atoms with E-state index in [1.54, 1.807) is 32.9 Å². The van der Waals surface area contributed by atoms with Gasteiger partial charge in [0.25, 0.3) is 10.0 Å². The quantitative estimate of drug-likeness (QED) is 0.242. The Morgan fingerprint density at radius 1 is 1.18 bits per heavy atom. The minimum atomic E-state index is -4.04. The van der Waals surface area contributed by atoms with Gasteiger partial charge in [0.1, 0.15) is 11.4 Å². The summed E-state index contributed by atoms with van der Waals surface area (Å²) in [5.41, 5.74) is 0.516. The molecule has 2 aliphatic rings. The second kappa shape index (κ2) is 10.7. The van der Waals surface area contributed by atoms with Crippen LogP contribution in [0.4, 0.5) is 5.82 Å². The number of carbonyl (C=O) groups is 2. The second-order valence-electron chi connectivity index (χ2n) is 7.32. The van der Waals surface area contributed by atoms with Gasteiger partial charge in [-0.3, -0.25) is 18.9 Å². The molecule has 0 spiro atoms. The van der Waals surface area contributed by atoms with Crippen molar-refractivity contribution in [3.8, 4) is 5.69 Å². The van der Waals surface area contributed by atoms with Crippen LogP contribution >= 0.6 is 23.1 Å². The predicted molar refractivity (Wildman–Crippen MR) is 132 cm³/mol. The van der Waals surface area contributed by atoms with Crippen molar-refractivity contribution in [2.45, 2.75) is 49.6 Å². The van der Waals surface area contributed by atoms with Crippen LogP contribution in [0.1, 0.15) is 47.6 Å². The van der Waals surface area contributed by atoms with E-state index in [1.165, 1.54) is 35.2 Å². The van der Waals surface area contributed by atoms with Crippen LogP contribution in [0.25, 0.3) is 5.69 Å². The number of fused-ring (bicyclic) bond motifs is 1. The number of hydrogen-bond donors (Lipinski definition) is 1. The van der Waals surface area contributed by atoms with Crippen LogP contribution < -0.4 is 10.4 Å². The zero-order valence-corrected chi connectivity index (χ0v) is 21.7. The van der Waals surface area contributed by atoms with E-state index in [1.807, 2.05) is 6.92 Å². The number of hydrogen-bond acceptors (Lipinski definition) is 9. The molecule has 0 atom stereocenters. The van der Waals surface area contributed by atoms with Gasteiger partial charge in [0.15, 0.2) is 11.6 Å². The molecule has 1 N–H and O–H groups in total. The van der Waals surface area contributed by atoms with Gasteiger partial charge in [-0.15, -0.1) is 23.1 Å². The maximum atomic E-state index is 13.0. The number of sulfonamides is 1. The van der Waals surface area contributed by atoms with Crippen LogP contribution in [0.3, 0.4) is 0 Å². The number of anilines is 1. The molecule has 12 heteroatoms. The Morgan fingerprint density at radius 2 is 1.85 bits per heavy atom. The third kappa shape index (κ3) is 5.50. The molecular weight excluding hydrogens is 498 g/mol. The number of ether oxygens (including phenoxy) is 1. The topological polar surface area (TPSA) is 124 Å². The average molecular weight is 524 g/mol. The molecule has 1 aromatic carbocycles.